The number of azo groups is 1. The Kier molecular flexibility index (Phi) is 4.61. The number of nitrogens with zero attached hydrogens (tertiary/aromatic N) is 2. The Morgan fingerprint density at radius 3 is 2.21 bits per heavy atom. The second-order valence-electron chi connectivity index (χ2n) is 7.29. The first kappa shape index (κ1) is 18.0. The third-order valence-corrected chi connectivity index (χ3v) is 6.37. The zero-order chi connectivity index (χ0) is 19.7. The summed E-state index contributed by atoms with van der Waals surface area (Å²) in [5.74, 6) is 0. The van der Waals surface area contributed by atoms with Crippen LogP contribution in [0.5, 0.6) is 0 Å². The van der Waals surface area contributed by atoms with Gasteiger partial charge in [-0.3, -0.25) is 0 Å². The molecule has 1 aliphatic carbocycles. The largest absolute Gasteiger partial charge is 0.151 e. The molecule has 0 saturated carbocycles. The average Bonchev–Trinajstić information content (AvgIpc) is 2.77. The van der Waals surface area contributed by atoms with Crippen molar-refractivity contribution < 1.29 is 0 Å². The second kappa shape index (κ2) is 7.41. The van der Waals surface area contributed by atoms with Gasteiger partial charge in [0.2, 0.25) is 0 Å². The van der Waals surface area contributed by atoms with E-state index in [-0.39, 0.29) is 4.32 Å². The Morgan fingerprint density at radius 2 is 1.45 bits per heavy atom. The Balaban J connectivity index is 1.49. The first-order valence-electron chi connectivity index (χ1n) is 9.68. The molecule has 0 saturated heterocycles. The topological polar surface area (TPSA) is 24.7 Å². The summed E-state index contributed by atoms with van der Waals surface area (Å²) in [7, 11) is 0. The van der Waals surface area contributed by atoms with E-state index < -0.39 is 0 Å². The van der Waals surface area contributed by atoms with Gasteiger partial charge in [0.15, 0.2) is 0 Å². The molecule has 1 atom stereocenters. The van der Waals surface area contributed by atoms with Gasteiger partial charge in [-0.2, -0.15) is 10.2 Å². The Bertz CT molecular complexity index is 1290. The third kappa shape index (κ3) is 3.54. The maximum absolute atomic E-state index is 4.39. The number of fused-ring (bicyclic) bond motifs is 2. The van der Waals surface area contributed by atoms with Gasteiger partial charge in [-0.1, -0.05) is 88.7 Å². The van der Waals surface area contributed by atoms with Gasteiger partial charge < -0.3 is 0 Å². The lowest BCUT2D eigenvalue weighted by Gasteiger charge is -2.27. The van der Waals surface area contributed by atoms with Gasteiger partial charge in [0.1, 0.15) is 0 Å². The normalized spacial score (nSPS) is 19.1. The molecule has 0 spiro atoms. The third-order valence-electron chi connectivity index (χ3n) is 5.36. The minimum Gasteiger partial charge on any atom is -0.151 e. The minimum atomic E-state index is -0.249. The molecule has 0 radical (unpaired) electrons. The summed E-state index contributed by atoms with van der Waals surface area (Å²) in [6, 6.07) is 29.4. The molecule has 4 aromatic rings. The van der Waals surface area contributed by atoms with Crippen LogP contribution in [-0.4, -0.2) is 0 Å². The van der Waals surface area contributed by atoms with Crippen molar-refractivity contribution >= 4 is 43.2 Å². The van der Waals surface area contributed by atoms with Crippen molar-refractivity contribution in [3.05, 3.63) is 114 Å². The maximum Gasteiger partial charge on any atom is 0.0857 e. The monoisotopic (exact) mass is 438 g/mol. The minimum absolute atomic E-state index is 0.249. The van der Waals surface area contributed by atoms with Gasteiger partial charge in [0.25, 0.3) is 0 Å². The molecule has 0 aromatic heterocycles. The number of alkyl halides is 1. The van der Waals surface area contributed by atoms with Crippen LogP contribution in [-0.2, 0) is 4.32 Å². The molecule has 4 aromatic carbocycles. The lowest BCUT2D eigenvalue weighted by atomic mass is 9.87. The molecule has 2 nitrogen and oxygen atoms in total. The van der Waals surface area contributed by atoms with Crippen molar-refractivity contribution in [3.63, 3.8) is 0 Å². The lowest BCUT2D eigenvalue weighted by molar-refractivity contribution is 0.793. The van der Waals surface area contributed by atoms with Gasteiger partial charge >= 0.3 is 0 Å². The van der Waals surface area contributed by atoms with E-state index in [9.17, 15) is 0 Å². The molecule has 1 aliphatic rings. The highest BCUT2D eigenvalue weighted by molar-refractivity contribution is 9.09. The molecule has 0 N–H and O–H groups in total. The Morgan fingerprint density at radius 1 is 0.724 bits per heavy atom. The van der Waals surface area contributed by atoms with Crippen LogP contribution in [0, 0.1) is 0 Å². The molecular weight excluding hydrogens is 420 g/mol. The zero-order valence-electron chi connectivity index (χ0n) is 15.8. The van der Waals surface area contributed by atoms with E-state index in [1.807, 2.05) is 36.4 Å². The second-order valence-corrected chi connectivity index (χ2v) is 8.71. The molecule has 0 heterocycles. The number of rotatable bonds is 3. The molecule has 29 heavy (non-hydrogen) atoms. The van der Waals surface area contributed by atoms with Gasteiger partial charge in [-0.15, -0.1) is 0 Å². The fourth-order valence-electron chi connectivity index (χ4n) is 3.82. The highest BCUT2D eigenvalue weighted by atomic mass is 79.9. The molecule has 1 unspecified atom stereocenters. The molecule has 0 bridgehead atoms. The molecule has 3 heteroatoms. The fraction of sp³-hybridized carbons (Fsp3) is 0.0769. The zero-order valence-corrected chi connectivity index (χ0v) is 17.4. The highest BCUT2D eigenvalue weighted by Crippen LogP contribution is 2.43. The van der Waals surface area contributed by atoms with Crippen molar-refractivity contribution in [2.45, 2.75) is 10.7 Å². The smallest absolute Gasteiger partial charge is 0.0857 e. The van der Waals surface area contributed by atoms with Crippen molar-refractivity contribution in [1.82, 2.24) is 0 Å². The van der Waals surface area contributed by atoms with Crippen LogP contribution in [0.25, 0.3) is 21.5 Å². The number of allylic oxidation sites excluding steroid dienone is 3. The number of halogens is 1. The average molecular weight is 439 g/mol. The quantitative estimate of drug-likeness (QED) is 0.175. The summed E-state index contributed by atoms with van der Waals surface area (Å²) in [4.78, 5) is 0. The SMILES string of the molecule is BrC1(c2cccc3cc4ccccc4cc23)C=CC(N=Nc2ccccc2)=CC1. The van der Waals surface area contributed by atoms with Crippen LogP contribution in [0.2, 0.25) is 0 Å². The Labute approximate surface area is 178 Å². The molecule has 0 fully saturated rings. The van der Waals surface area contributed by atoms with E-state index in [0.29, 0.717) is 0 Å². The van der Waals surface area contributed by atoms with E-state index in [4.69, 9.17) is 0 Å². The standard InChI is InChI=1S/C26H19BrN2/c27-26(15-13-23(14-16-26)29-28-22-10-2-1-3-11-22)25-12-6-9-21-17-19-7-4-5-8-20(19)18-24(21)25/h1-15,17-18H,16H2. The predicted molar refractivity (Wildman–Crippen MR) is 125 cm³/mol. The number of hydrogen-bond acceptors (Lipinski definition) is 2. The van der Waals surface area contributed by atoms with Crippen LogP contribution in [0.1, 0.15) is 12.0 Å². The fourth-order valence-corrected chi connectivity index (χ4v) is 4.46. The van der Waals surface area contributed by atoms with E-state index in [1.54, 1.807) is 0 Å². The van der Waals surface area contributed by atoms with Crippen LogP contribution < -0.4 is 0 Å². The lowest BCUT2D eigenvalue weighted by Crippen LogP contribution is -2.16. The summed E-state index contributed by atoms with van der Waals surface area (Å²) in [5, 5.41) is 13.8. The van der Waals surface area contributed by atoms with Gasteiger partial charge in [-0.05, 0) is 63.9 Å². The van der Waals surface area contributed by atoms with E-state index in [0.717, 1.165) is 17.8 Å². The maximum atomic E-state index is 4.39. The number of hydrogen-bond donors (Lipinski definition) is 0. The van der Waals surface area contributed by atoms with E-state index >= 15 is 0 Å². The van der Waals surface area contributed by atoms with Crippen molar-refractivity contribution in [2.75, 3.05) is 0 Å². The number of benzene rings is 4. The van der Waals surface area contributed by atoms with Crippen LogP contribution in [0.15, 0.2) is 119 Å². The highest BCUT2D eigenvalue weighted by Gasteiger charge is 2.29. The Hall–Kier alpha value is -3.04. The van der Waals surface area contributed by atoms with Gasteiger partial charge in [0, 0.05) is 0 Å². The van der Waals surface area contributed by atoms with Crippen molar-refractivity contribution in [1.29, 1.82) is 0 Å². The predicted octanol–water partition coefficient (Wildman–Crippen LogP) is 8.21. The summed E-state index contributed by atoms with van der Waals surface area (Å²) in [6.07, 6.45) is 7.19. The van der Waals surface area contributed by atoms with Crippen LogP contribution in [0.3, 0.4) is 0 Å². The molecular formula is C26H19BrN2. The summed E-state index contributed by atoms with van der Waals surface area (Å²) in [6.45, 7) is 0. The van der Waals surface area contributed by atoms with Gasteiger partial charge in [-0.25, -0.2) is 0 Å². The molecule has 0 aliphatic heterocycles. The van der Waals surface area contributed by atoms with E-state index in [2.05, 4.69) is 92.9 Å². The first-order chi connectivity index (χ1) is 14.2. The summed E-state index contributed by atoms with van der Waals surface area (Å²) >= 11 is 4.01. The van der Waals surface area contributed by atoms with Gasteiger partial charge in [0.05, 0.1) is 15.7 Å². The first-order valence-corrected chi connectivity index (χ1v) is 10.5. The summed E-state index contributed by atoms with van der Waals surface area (Å²) < 4.78 is -0.249. The molecule has 0 amide bonds. The summed E-state index contributed by atoms with van der Waals surface area (Å²) in [5.41, 5.74) is 3.01. The van der Waals surface area contributed by atoms with Crippen molar-refractivity contribution in [3.8, 4) is 0 Å². The van der Waals surface area contributed by atoms with E-state index in [1.165, 1.54) is 27.1 Å². The van der Waals surface area contributed by atoms with Crippen LogP contribution in [0.4, 0.5) is 5.69 Å². The molecule has 140 valence electrons. The molecule has 5 rings (SSSR count). The van der Waals surface area contributed by atoms with Crippen LogP contribution >= 0.6 is 15.9 Å². The van der Waals surface area contributed by atoms with Crippen molar-refractivity contribution in [2.24, 2.45) is 10.2 Å².